The van der Waals surface area contributed by atoms with Gasteiger partial charge in [0, 0.05) is 6.42 Å². The summed E-state index contributed by atoms with van der Waals surface area (Å²) in [6.45, 7) is 7.79. The summed E-state index contributed by atoms with van der Waals surface area (Å²) in [6.07, 6.45) is 6.69. The van der Waals surface area contributed by atoms with E-state index in [0.717, 1.165) is 24.0 Å². The first-order valence-corrected chi connectivity index (χ1v) is 9.24. The molecule has 0 bridgehead atoms. The SMILES string of the molecule is CC(C)=CCC/C(C)=C/C(=O)CC[C@@H](NC(=O)[C@@H](C)N)c1ccccc1.Cl. The molecule has 150 valence electrons. The first-order valence-electron chi connectivity index (χ1n) is 9.24. The Labute approximate surface area is 169 Å². The van der Waals surface area contributed by atoms with E-state index in [-0.39, 0.29) is 30.1 Å². The molecule has 1 aromatic rings. The molecule has 0 aromatic heterocycles. The van der Waals surface area contributed by atoms with E-state index in [4.69, 9.17) is 5.73 Å². The fraction of sp³-hybridized carbons (Fsp3) is 0.455. The number of hydrogen-bond acceptors (Lipinski definition) is 3. The van der Waals surface area contributed by atoms with Crippen LogP contribution in [0.5, 0.6) is 0 Å². The highest BCUT2D eigenvalue weighted by Gasteiger charge is 2.17. The topological polar surface area (TPSA) is 72.2 Å². The molecular formula is C22H33ClN2O2. The van der Waals surface area contributed by atoms with Gasteiger partial charge in [0.25, 0.3) is 0 Å². The Morgan fingerprint density at radius 1 is 1.11 bits per heavy atom. The van der Waals surface area contributed by atoms with Gasteiger partial charge in [0.2, 0.25) is 5.91 Å². The van der Waals surface area contributed by atoms with Crippen molar-refractivity contribution in [2.45, 2.75) is 65.5 Å². The normalized spacial score (nSPS) is 13.1. The number of halogens is 1. The van der Waals surface area contributed by atoms with Gasteiger partial charge < -0.3 is 11.1 Å². The van der Waals surface area contributed by atoms with Crippen LogP contribution in [0.3, 0.4) is 0 Å². The lowest BCUT2D eigenvalue weighted by Crippen LogP contribution is -2.40. The van der Waals surface area contributed by atoms with E-state index >= 15 is 0 Å². The molecule has 0 unspecified atom stereocenters. The van der Waals surface area contributed by atoms with Crippen molar-refractivity contribution in [2.24, 2.45) is 5.73 Å². The number of allylic oxidation sites excluding steroid dienone is 4. The Kier molecular flexibility index (Phi) is 12.3. The van der Waals surface area contributed by atoms with Crippen LogP contribution in [0, 0.1) is 0 Å². The number of carbonyl (C=O) groups excluding carboxylic acids is 2. The second kappa shape index (κ2) is 13.3. The minimum Gasteiger partial charge on any atom is -0.348 e. The molecule has 3 N–H and O–H groups in total. The van der Waals surface area contributed by atoms with Gasteiger partial charge in [0.15, 0.2) is 5.78 Å². The summed E-state index contributed by atoms with van der Waals surface area (Å²) in [4.78, 5) is 24.3. The lowest BCUT2D eigenvalue weighted by molar-refractivity contribution is -0.123. The highest BCUT2D eigenvalue weighted by Crippen LogP contribution is 2.19. The predicted molar refractivity (Wildman–Crippen MR) is 115 cm³/mol. The van der Waals surface area contributed by atoms with Gasteiger partial charge in [-0.2, -0.15) is 0 Å². The Morgan fingerprint density at radius 3 is 2.30 bits per heavy atom. The quantitative estimate of drug-likeness (QED) is 0.449. The fourth-order valence-corrected chi connectivity index (χ4v) is 2.60. The average Bonchev–Trinajstić information content (AvgIpc) is 2.58. The maximum Gasteiger partial charge on any atom is 0.237 e. The molecule has 0 radical (unpaired) electrons. The van der Waals surface area contributed by atoms with Crippen LogP contribution in [0.25, 0.3) is 0 Å². The van der Waals surface area contributed by atoms with Crippen molar-refractivity contribution >= 4 is 24.1 Å². The van der Waals surface area contributed by atoms with Gasteiger partial charge >= 0.3 is 0 Å². The molecule has 4 nitrogen and oxygen atoms in total. The number of amides is 1. The summed E-state index contributed by atoms with van der Waals surface area (Å²) < 4.78 is 0. The fourth-order valence-electron chi connectivity index (χ4n) is 2.60. The van der Waals surface area contributed by atoms with Crippen molar-refractivity contribution in [1.82, 2.24) is 5.32 Å². The summed E-state index contributed by atoms with van der Waals surface area (Å²) in [5, 5.41) is 2.94. The molecule has 0 aliphatic heterocycles. The molecule has 2 atom stereocenters. The van der Waals surface area contributed by atoms with Crippen molar-refractivity contribution in [3.63, 3.8) is 0 Å². The lowest BCUT2D eigenvalue weighted by atomic mass is 9.99. The van der Waals surface area contributed by atoms with Gasteiger partial charge in [-0.3, -0.25) is 9.59 Å². The summed E-state index contributed by atoms with van der Waals surface area (Å²) in [6, 6.07) is 8.91. The first kappa shape index (κ1) is 25.1. The van der Waals surface area contributed by atoms with E-state index < -0.39 is 6.04 Å². The van der Waals surface area contributed by atoms with Crippen LogP contribution in [0.2, 0.25) is 0 Å². The number of hydrogen-bond donors (Lipinski definition) is 2. The second-order valence-electron chi connectivity index (χ2n) is 7.08. The number of nitrogens with two attached hydrogens (primary N) is 1. The Balaban J connectivity index is 0.00000676. The molecule has 27 heavy (non-hydrogen) atoms. The highest BCUT2D eigenvalue weighted by atomic mass is 35.5. The highest BCUT2D eigenvalue weighted by molar-refractivity contribution is 5.90. The van der Waals surface area contributed by atoms with Gasteiger partial charge in [0.1, 0.15) is 0 Å². The molecule has 5 heteroatoms. The molecule has 0 aliphatic rings. The molecular weight excluding hydrogens is 360 g/mol. The monoisotopic (exact) mass is 392 g/mol. The smallest absolute Gasteiger partial charge is 0.237 e. The van der Waals surface area contributed by atoms with E-state index in [1.54, 1.807) is 13.0 Å². The van der Waals surface area contributed by atoms with Crippen molar-refractivity contribution in [3.05, 3.63) is 59.2 Å². The van der Waals surface area contributed by atoms with Crippen LogP contribution in [0.15, 0.2) is 53.6 Å². The largest absolute Gasteiger partial charge is 0.348 e. The maximum absolute atomic E-state index is 12.3. The van der Waals surface area contributed by atoms with Gasteiger partial charge in [-0.25, -0.2) is 0 Å². The second-order valence-corrected chi connectivity index (χ2v) is 7.08. The van der Waals surface area contributed by atoms with Crippen molar-refractivity contribution in [1.29, 1.82) is 0 Å². The van der Waals surface area contributed by atoms with E-state index in [0.29, 0.717) is 12.8 Å². The number of rotatable bonds is 10. The first-order chi connectivity index (χ1) is 12.3. The van der Waals surface area contributed by atoms with Crippen LogP contribution < -0.4 is 11.1 Å². The molecule has 1 rings (SSSR count). The molecule has 0 aliphatic carbocycles. The average molecular weight is 393 g/mol. The lowest BCUT2D eigenvalue weighted by Gasteiger charge is -2.20. The standard InChI is InChI=1S/C22H32N2O2.ClH/c1-16(2)9-8-10-17(3)15-20(25)13-14-21(24-22(26)18(4)23)19-11-6-5-7-12-19;/h5-7,9,11-12,15,18,21H,8,10,13-14,23H2,1-4H3,(H,24,26);1H/b17-15+;/t18-,21-;/m1./s1. The van der Waals surface area contributed by atoms with Crippen LogP contribution in [0.1, 0.15) is 65.0 Å². The summed E-state index contributed by atoms with van der Waals surface area (Å²) in [5.74, 6) is -0.115. The van der Waals surface area contributed by atoms with E-state index in [9.17, 15) is 9.59 Å². The zero-order valence-electron chi connectivity index (χ0n) is 16.8. The van der Waals surface area contributed by atoms with Crippen molar-refractivity contribution < 1.29 is 9.59 Å². The molecule has 0 saturated carbocycles. The molecule has 1 amide bonds. The summed E-state index contributed by atoms with van der Waals surface area (Å²) in [7, 11) is 0. The number of benzene rings is 1. The number of nitrogens with one attached hydrogen (secondary N) is 1. The van der Waals surface area contributed by atoms with E-state index in [1.807, 2.05) is 37.3 Å². The maximum atomic E-state index is 12.3. The molecule has 0 saturated heterocycles. The van der Waals surface area contributed by atoms with Gasteiger partial charge in [0.05, 0.1) is 12.1 Å². The third-order valence-corrected chi connectivity index (χ3v) is 4.11. The number of ketones is 1. The van der Waals surface area contributed by atoms with Crippen LogP contribution >= 0.6 is 12.4 Å². The third kappa shape index (κ3) is 10.7. The predicted octanol–water partition coefficient (Wildman–Crippen LogP) is 4.65. The van der Waals surface area contributed by atoms with E-state index in [1.165, 1.54) is 5.57 Å². The minimum atomic E-state index is -0.575. The summed E-state index contributed by atoms with van der Waals surface area (Å²) >= 11 is 0. The van der Waals surface area contributed by atoms with Gasteiger partial charge in [-0.05, 0) is 58.6 Å². The Morgan fingerprint density at radius 2 is 1.74 bits per heavy atom. The molecule has 0 spiro atoms. The van der Waals surface area contributed by atoms with Gasteiger partial charge in [-0.1, -0.05) is 47.6 Å². The van der Waals surface area contributed by atoms with Crippen molar-refractivity contribution in [2.75, 3.05) is 0 Å². The Bertz CT molecular complexity index is 648. The zero-order valence-corrected chi connectivity index (χ0v) is 17.6. The molecule has 1 aromatic carbocycles. The van der Waals surface area contributed by atoms with Crippen molar-refractivity contribution in [3.8, 4) is 0 Å². The van der Waals surface area contributed by atoms with Gasteiger partial charge in [-0.15, -0.1) is 12.4 Å². The summed E-state index contributed by atoms with van der Waals surface area (Å²) in [5.41, 5.74) is 9.02. The molecule has 0 heterocycles. The zero-order chi connectivity index (χ0) is 19.5. The minimum absolute atomic E-state index is 0. The van der Waals surface area contributed by atoms with Crippen LogP contribution in [-0.2, 0) is 9.59 Å². The Hall–Kier alpha value is -1.91. The molecule has 0 fully saturated rings. The van der Waals surface area contributed by atoms with E-state index in [2.05, 4.69) is 25.2 Å². The van der Waals surface area contributed by atoms with Crippen LogP contribution in [-0.4, -0.2) is 17.7 Å². The van der Waals surface area contributed by atoms with Crippen LogP contribution in [0.4, 0.5) is 0 Å². The number of carbonyl (C=O) groups is 2. The third-order valence-electron chi connectivity index (χ3n) is 4.11.